The molecule has 6 nitrogen and oxygen atoms in total. The van der Waals surface area contributed by atoms with Crippen LogP contribution in [0.15, 0.2) is 54.7 Å². The van der Waals surface area contributed by atoms with Crippen molar-refractivity contribution in [2.75, 3.05) is 0 Å². The third-order valence-corrected chi connectivity index (χ3v) is 4.22. The van der Waals surface area contributed by atoms with E-state index in [1.807, 2.05) is 48.5 Å². The Hall–Kier alpha value is -3.67. The van der Waals surface area contributed by atoms with Crippen LogP contribution in [0.25, 0.3) is 33.0 Å². The van der Waals surface area contributed by atoms with Crippen molar-refractivity contribution in [2.24, 2.45) is 5.73 Å². The summed E-state index contributed by atoms with van der Waals surface area (Å²) in [7, 11) is 0. The molecule has 0 aliphatic rings. The summed E-state index contributed by atoms with van der Waals surface area (Å²) >= 11 is 0. The SMILES string of the molecule is NC(=O)/C(=C(\C=O)c1n[nH]c2ccccc12)c1c[nH]c2ccccc12. The lowest BCUT2D eigenvalue weighted by Gasteiger charge is -2.06. The third kappa shape index (κ3) is 2.31. The summed E-state index contributed by atoms with van der Waals surface area (Å²) in [5.74, 6) is -0.682. The zero-order chi connectivity index (χ0) is 17.4. The fraction of sp³-hybridized carbons (Fsp3) is 0. The van der Waals surface area contributed by atoms with Crippen LogP contribution in [-0.4, -0.2) is 27.4 Å². The lowest BCUT2D eigenvalue weighted by molar-refractivity contribution is -0.113. The molecule has 0 bridgehead atoms. The zero-order valence-corrected chi connectivity index (χ0v) is 13.1. The van der Waals surface area contributed by atoms with Gasteiger partial charge in [0.15, 0.2) is 6.29 Å². The van der Waals surface area contributed by atoms with Gasteiger partial charge in [-0.15, -0.1) is 0 Å². The van der Waals surface area contributed by atoms with E-state index < -0.39 is 5.91 Å². The van der Waals surface area contributed by atoms with Crippen LogP contribution in [0.4, 0.5) is 0 Å². The first kappa shape index (κ1) is 14.9. The van der Waals surface area contributed by atoms with Gasteiger partial charge in [0.1, 0.15) is 5.69 Å². The Balaban J connectivity index is 2.06. The Morgan fingerprint density at radius 1 is 1.00 bits per heavy atom. The molecular formula is C19H14N4O2. The highest BCUT2D eigenvalue weighted by Crippen LogP contribution is 2.32. The first-order chi connectivity index (χ1) is 12.2. The minimum absolute atomic E-state index is 0.143. The first-order valence-electron chi connectivity index (χ1n) is 7.70. The van der Waals surface area contributed by atoms with E-state index in [1.54, 1.807) is 6.20 Å². The standard InChI is InChI=1S/C19H14N4O2/c20-19(25)17(13-9-21-15-7-3-1-5-11(13)15)14(10-24)18-12-6-2-4-8-16(12)22-23-18/h1-10,21H,(H2,20,25)(H,22,23)/b17-14+. The molecule has 0 aliphatic carbocycles. The molecule has 2 aromatic carbocycles. The monoisotopic (exact) mass is 330 g/mol. The normalized spacial score (nSPS) is 12.3. The molecule has 0 saturated carbocycles. The predicted molar refractivity (Wildman–Crippen MR) is 96.5 cm³/mol. The van der Waals surface area contributed by atoms with Gasteiger partial charge < -0.3 is 10.7 Å². The van der Waals surface area contributed by atoms with Crippen LogP contribution in [0.2, 0.25) is 0 Å². The zero-order valence-electron chi connectivity index (χ0n) is 13.1. The number of hydrogen-bond acceptors (Lipinski definition) is 3. The lowest BCUT2D eigenvalue weighted by atomic mass is 9.96. The number of benzene rings is 2. The molecule has 4 N–H and O–H groups in total. The van der Waals surface area contributed by atoms with E-state index in [2.05, 4.69) is 15.2 Å². The number of rotatable bonds is 4. The number of carbonyl (C=O) groups is 2. The third-order valence-electron chi connectivity index (χ3n) is 4.22. The average molecular weight is 330 g/mol. The minimum Gasteiger partial charge on any atom is -0.366 e. The molecule has 4 rings (SSSR count). The van der Waals surface area contributed by atoms with Crippen LogP contribution in [0.3, 0.4) is 0 Å². The molecule has 2 heterocycles. The number of aldehydes is 1. The molecule has 4 aromatic rings. The number of nitrogens with two attached hydrogens (primary N) is 1. The van der Waals surface area contributed by atoms with Gasteiger partial charge in [-0.3, -0.25) is 14.7 Å². The van der Waals surface area contributed by atoms with Crippen molar-refractivity contribution >= 4 is 45.1 Å². The van der Waals surface area contributed by atoms with Gasteiger partial charge in [0, 0.05) is 28.0 Å². The molecule has 2 aromatic heterocycles. The molecule has 0 aliphatic heterocycles. The number of H-pyrrole nitrogens is 2. The highest BCUT2D eigenvalue weighted by Gasteiger charge is 2.22. The Kier molecular flexibility index (Phi) is 3.43. The maximum absolute atomic E-state index is 12.2. The number of fused-ring (bicyclic) bond motifs is 2. The quantitative estimate of drug-likeness (QED) is 0.396. The molecule has 6 heteroatoms. The van der Waals surface area contributed by atoms with Gasteiger partial charge in [-0.2, -0.15) is 5.10 Å². The molecule has 0 unspecified atom stereocenters. The van der Waals surface area contributed by atoms with E-state index >= 15 is 0 Å². The summed E-state index contributed by atoms with van der Waals surface area (Å²) in [6.45, 7) is 0. The van der Waals surface area contributed by atoms with Crippen LogP contribution < -0.4 is 5.73 Å². The van der Waals surface area contributed by atoms with Gasteiger partial charge in [0.05, 0.1) is 16.7 Å². The minimum atomic E-state index is -0.682. The number of hydrogen-bond donors (Lipinski definition) is 3. The summed E-state index contributed by atoms with van der Waals surface area (Å²) in [6.07, 6.45) is 2.31. The summed E-state index contributed by atoms with van der Waals surface area (Å²) in [4.78, 5) is 27.2. The Labute approximate surface area is 142 Å². The lowest BCUT2D eigenvalue weighted by Crippen LogP contribution is -2.15. The van der Waals surface area contributed by atoms with E-state index in [0.717, 1.165) is 21.8 Å². The topological polar surface area (TPSA) is 105 Å². The van der Waals surface area contributed by atoms with Crippen molar-refractivity contribution < 1.29 is 9.59 Å². The van der Waals surface area contributed by atoms with E-state index in [9.17, 15) is 9.59 Å². The van der Waals surface area contributed by atoms with E-state index in [-0.39, 0.29) is 11.1 Å². The van der Waals surface area contributed by atoms with Crippen molar-refractivity contribution in [3.05, 3.63) is 66.0 Å². The Bertz CT molecular complexity index is 1150. The van der Waals surface area contributed by atoms with Crippen molar-refractivity contribution in [1.29, 1.82) is 0 Å². The number of nitrogens with one attached hydrogen (secondary N) is 2. The van der Waals surface area contributed by atoms with E-state index in [1.165, 1.54) is 0 Å². The molecule has 0 radical (unpaired) electrons. The molecule has 0 saturated heterocycles. The first-order valence-corrected chi connectivity index (χ1v) is 7.70. The summed E-state index contributed by atoms with van der Waals surface area (Å²) in [5, 5.41) is 8.67. The number of allylic oxidation sites excluding steroid dienone is 1. The van der Waals surface area contributed by atoms with E-state index in [0.29, 0.717) is 17.5 Å². The summed E-state index contributed by atoms with van der Waals surface area (Å²) in [6, 6.07) is 14.9. The highest BCUT2D eigenvalue weighted by atomic mass is 16.1. The van der Waals surface area contributed by atoms with Crippen molar-refractivity contribution in [3.8, 4) is 0 Å². The number of amides is 1. The van der Waals surface area contributed by atoms with Gasteiger partial charge in [0.2, 0.25) is 5.91 Å². The second-order valence-electron chi connectivity index (χ2n) is 5.64. The number of carbonyl (C=O) groups excluding carboxylic acids is 2. The van der Waals surface area contributed by atoms with Crippen molar-refractivity contribution in [1.82, 2.24) is 15.2 Å². The van der Waals surface area contributed by atoms with Crippen LogP contribution in [0.1, 0.15) is 11.3 Å². The molecule has 25 heavy (non-hydrogen) atoms. The molecule has 0 fully saturated rings. The maximum atomic E-state index is 12.2. The van der Waals surface area contributed by atoms with Gasteiger partial charge in [-0.05, 0) is 12.1 Å². The van der Waals surface area contributed by atoms with Crippen LogP contribution in [-0.2, 0) is 9.59 Å². The van der Waals surface area contributed by atoms with Gasteiger partial charge >= 0.3 is 0 Å². The van der Waals surface area contributed by atoms with Crippen LogP contribution >= 0.6 is 0 Å². The number of nitrogens with zero attached hydrogens (tertiary/aromatic N) is 1. The smallest absolute Gasteiger partial charge is 0.250 e. The number of primary amides is 1. The Morgan fingerprint density at radius 2 is 1.68 bits per heavy atom. The van der Waals surface area contributed by atoms with Crippen molar-refractivity contribution in [2.45, 2.75) is 0 Å². The molecule has 1 amide bonds. The number of aromatic nitrogens is 3. The highest BCUT2D eigenvalue weighted by molar-refractivity contribution is 6.37. The fourth-order valence-corrected chi connectivity index (χ4v) is 3.09. The number of para-hydroxylation sites is 2. The van der Waals surface area contributed by atoms with Crippen molar-refractivity contribution in [3.63, 3.8) is 0 Å². The largest absolute Gasteiger partial charge is 0.366 e. The second-order valence-corrected chi connectivity index (χ2v) is 5.64. The van der Waals surface area contributed by atoms with E-state index in [4.69, 9.17) is 5.73 Å². The Morgan fingerprint density at radius 3 is 2.40 bits per heavy atom. The maximum Gasteiger partial charge on any atom is 0.250 e. The molecule has 0 spiro atoms. The average Bonchev–Trinajstić information content (AvgIpc) is 3.23. The summed E-state index contributed by atoms with van der Waals surface area (Å²) in [5.41, 5.74) is 8.56. The van der Waals surface area contributed by atoms with Crippen LogP contribution in [0.5, 0.6) is 0 Å². The van der Waals surface area contributed by atoms with Gasteiger partial charge in [-0.1, -0.05) is 36.4 Å². The van der Waals surface area contributed by atoms with Gasteiger partial charge in [0.25, 0.3) is 0 Å². The molecule has 0 atom stereocenters. The second kappa shape index (κ2) is 5.76. The fourth-order valence-electron chi connectivity index (χ4n) is 3.09. The molecule has 122 valence electrons. The molecular weight excluding hydrogens is 316 g/mol. The van der Waals surface area contributed by atoms with Crippen LogP contribution in [0, 0.1) is 0 Å². The predicted octanol–water partition coefficient (Wildman–Crippen LogP) is 2.64. The van der Waals surface area contributed by atoms with Gasteiger partial charge in [-0.25, -0.2) is 0 Å². The summed E-state index contributed by atoms with van der Waals surface area (Å²) < 4.78 is 0. The number of aromatic amines is 2.